The van der Waals surface area contributed by atoms with Crippen molar-refractivity contribution in [2.45, 2.75) is 46.5 Å². The number of imide groups is 2. The molecule has 0 aliphatic carbocycles. The molecule has 0 bridgehead atoms. The minimum absolute atomic E-state index is 0.0689. The third kappa shape index (κ3) is 2.33. The van der Waals surface area contributed by atoms with Gasteiger partial charge in [-0.05, 0) is 18.8 Å². The largest absolute Gasteiger partial charge is 0.328 e. The van der Waals surface area contributed by atoms with Crippen molar-refractivity contribution >= 4 is 17.8 Å². The standard InChI is InChI=1S/C12H20N2O3/c1-4-6-8(3)12(7-5-2)9(15)13-11(17)14-10(12)16/h8H,4-7H2,1-3H3,(H2,13,14,15,16,17)/t8-/m0/s1. The minimum Gasteiger partial charge on any atom is -0.277 e. The van der Waals surface area contributed by atoms with Crippen LogP contribution in [0.15, 0.2) is 0 Å². The zero-order chi connectivity index (χ0) is 13.1. The van der Waals surface area contributed by atoms with Crippen molar-refractivity contribution in [2.24, 2.45) is 11.3 Å². The molecule has 2 N–H and O–H groups in total. The molecule has 96 valence electrons. The van der Waals surface area contributed by atoms with Crippen LogP contribution in [0.2, 0.25) is 0 Å². The van der Waals surface area contributed by atoms with Crippen molar-refractivity contribution in [3.63, 3.8) is 0 Å². The molecule has 0 saturated carbocycles. The SMILES string of the molecule is CCC[C@H](C)C1(CCC)C(=O)NC(=O)NC1=O. The fourth-order valence-corrected chi connectivity index (χ4v) is 2.56. The average Bonchev–Trinajstić information content (AvgIpc) is 2.23. The van der Waals surface area contributed by atoms with Crippen molar-refractivity contribution in [2.75, 3.05) is 0 Å². The molecule has 0 aromatic carbocycles. The van der Waals surface area contributed by atoms with Crippen molar-refractivity contribution in [3.05, 3.63) is 0 Å². The van der Waals surface area contributed by atoms with Crippen LogP contribution in [0.25, 0.3) is 0 Å². The second kappa shape index (κ2) is 5.29. The Morgan fingerprint density at radius 3 is 2.00 bits per heavy atom. The number of nitrogens with one attached hydrogen (secondary N) is 2. The lowest BCUT2D eigenvalue weighted by atomic mass is 9.69. The van der Waals surface area contributed by atoms with Crippen LogP contribution < -0.4 is 10.6 Å². The van der Waals surface area contributed by atoms with E-state index in [9.17, 15) is 14.4 Å². The van der Waals surface area contributed by atoms with Crippen molar-refractivity contribution in [1.29, 1.82) is 0 Å². The summed E-state index contributed by atoms with van der Waals surface area (Å²) < 4.78 is 0. The molecule has 1 saturated heterocycles. The Bertz CT molecular complexity index is 319. The molecule has 0 radical (unpaired) electrons. The Hall–Kier alpha value is -1.39. The first kappa shape index (κ1) is 13.7. The predicted molar refractivity (Wildman–Crippen MR) is 63.1 cm³/mol. The summed E-state index contributed by atoms with van der Waals surface area (Å²) in [4.78, 5) is 35.2. The van der Waals surface area contributed by atoms with E-state index in [2.05, 4.69) is 10.6 Å². The zero-order valence-corrected chi connectivity index (χ0v) is 10.6. The van der Waals surface area contributed by atoms with Gasteiger partial charge in [0.1, 0.15) is 5.41 Å². The highest BCUT2D eigenvalue weighted by atomic mass is 16.2. The van der Waals surface area contributed by atoms with Gasteiger partial charge in [-0.2, -0.15) is 0 Å². The van der Waals surface area contributed by atoms with Crippen LogP contribution in [-0.2, 0) is 9.59 Å². The Labute approximate surface area is 101 Å². The average molecular weight is 240 g/mol. The summed E-state index contributed by atoms with van der Waals surface area (Å²) in [7, 11) is 0. The van der Waals surface area contributed by atoms with E-state index in [1.165, 1.54) is 0 Å². The molecule has 5 heteroatoms. The lowest BCUT2D eigenvalue weighted by molar-refractivity contribution is -0.149. The first-order valence-electron chi connectivity index (χ1n) is 6.15. The Kier molecular flexibility index (Phi) is 4.26. The number of hydrogen-bond acceptors (Lipinski definition) is 3. The highest BCUT2D eigenvalue weighted by Crippen LogP contribution is 2.37. The van der Waals surface area contributed by atoms with Crippen LogP contribution in [0.4, 0.5) is 4.79 Å². The van der Waals surface area contributed by atoms with Gasteiger partial charge >= 0.3 is 6.03 Å². The molecule has 17 heavy (non-hydrogen) atoms. The summed E-state index contributed by atoms with van der Waals surface area (Å²) in [6.45, 7) is 5.84. The summed E-state index contributed by atoms with van der Waals surface area (Å²) in [6, 6.07) is -0.713. The van der Waals surface area contributed by atoms with Crippen LogP contribution in [-0.4, -0.2) is 17.8 Å². The first-order valence-corrected chi connectivity index (χ1v) is 6.15. The van der Waals surface area contributed by atoms with E-state index in [4.69, 9.17) is 0 Å². The summed E-state index contributed by atoms with van der Waals surface area (Å²) in [5.41, 5.74) is -1.08. The fraction of sp³-hybridized carbons (Fsp3) is 0.750. The van der Waals surface area contributed by atoms with E-state index >= 15 is 0 Å². The summed E-state index contributed by atoms with van der Waals surface area (Å²) in [5.74, 6) is -0.969. The fourth-order valence-electron chi connectivity index (χ4n) is 2.56. The molecular weight excluding hydrogens is 220 g/mol. The molecule has 5 nitrogen and oxygen atoms in total. The molecule has 0 aromatic rings. The van der Waals surface area contributed by atoms with Crippen LogP contribution in [0.5, 0.6) is 0 Å². The second-order valence-corrected chi connectivity index (χ2v) is 4.65. The van der Waals surface area contributed by atoms with Gasteiger partial charge in [-0.3, -0.25) is 20.2 Å². The summed E-state index contributed by atoms with van der Waals surface area (Å²) in [6.07, 6.45) is 2.89. The Balaban J connectivity index is 3.07. The zero-order valence-electron chi connectivity index (χ0n) is 10.6. The van der Waals surface area contributed by atoms with Crippen LogP contribution in [0.3, 0.4) is 0 Å². The molecule has 1 fully saturated rings. The highest BCUT2D eigenvalue weighted by molar-refractivity contribution is 6.19. The number of urea groups is 1. The number of carbonyl (C=O) groups excluding carboxylic acids is 3. The van der Waals surface area contributed by atoms with Crippen molar-refractivity contribution < 1.29 is 14.4 Å². The lowest BCUT2D eigenvalue weighted by Gasteiger charge is -2.38. The smallest absolute Gasteiger partial charge is 0.277 e. The lowest BCUT2D eigenvalue weighted by Crippen LogP contribution is -2.64. The molecule has 0 spiro atoms. The van der Waals surface area contributed by atoms with E-state index in [1.54, 1.807) is 0 Å². The van der Waals surface area contributed by atoms with Gasteiger partial charge in [0.15, 0.2) is 0 Å². The highest BCUT2D eigenvalue weighted by Gasteiger charge is 2.52. The van der Waals surface area contributed by atoms with E-state index in [1.807, 2.05) is 20.8 Å². The van der Waals surface area contributed by atoms with E-state index in [-0.39, 0.29) is 5.92 Å². The molecular formula is C12H20N2O3. The summed E-state index contributed by atoms with van der Waals surface area (Å²) >= 11 is 0. The monoisotopic (exact) mass is 240 g/mol. The number of carbonyl (C=O) groups is 3. The van der Waals surface area contributed by atoms with E-state index < -0.39 is 23.3 Å². The minimum atomic E-state index is -1.08. The van der Waals surface area contributed by atoms with Gasteiger partial charge in [0.25, 0.3) is 0 Å². The third-order valence-corrected chi connectivity index (χ3v) is 3.47. The molecule has 4 amide bonds. The molecule has 0 unspecified atom stereocenters. The first-order chi connectivity index (χ1) is 7.98. The summed E-state index contributed by atoms with van der Waals surface area (Å²) in [5, 5.41) is 4.43. The Morgan fingerprint density at radius 2 is 1.59 bits per heavy atom. The molecule has 0 aromatic heterocycles. The number of barbiturate groups is 1. The van der Waals surface area contributed by atoms with Gasteiger partial charge in [0.2, 0.25) is 11.8 Å². The van der Waals surface area contributed by atoms with Gasteiger partial charge in [-0.15, -0.1) is 0 Å². The van der Waals surface area contributed by atoms with E-state index in [0.717, 1.165) is 19.3 Å². The molecule has 1 atom stereocenters. The molecule has 1 heterocycles. The number of rotatable bonds is 5. The van der Waals surface area contributed by atoms with Crippen LogP contribution in [0, 0.1) is 11.3 Å². The van der Waals surface area contributed by atoms with Gasteiger partial charge in [-0.25, -0.2) is 4.79 Å². The maximum Gasteiger partial charge on any atom is 0.328 e. The van der Waals surface area contributed by atoms with Crippen LogP contribution in [0.1, 0.15) is 46.5 Å². The predicted octanol–water partition coefficient (Wildman–Crippen LogP) is 1.58. The molecule has 1 aliphatic heterocycles. The maximum atomic E-state index is 12.1. The second-order valence-electron chi connectivity index (χ2n) is 4.65. The maximum absolute atomic E-state index is 12.1. The number of amides is 4. The van der Waals surface area contributed by atoms with Crippen molar-refractivity contribution in [1.82, 2.24) is 10.6 Å². The number of hydrogen-bond donors (Lipinski definition) is 2. The topological polar surface area (TPSA) is 75.3 Å². The molecule has 1 aliphatic rings. The van der Waals surface area contributed by atoms with E-state index in [0.29, 0.717) is 6.42 Å². The third-order valence-electron chi connectivity index (χ3n) is 3.47. The van der Waals surface area contributed by atoms with Gasteiger partial charge in [-0.1, -0.05) is 33.6 Å². The quantitative estimate of drug-likeness (QED) is 0.716. The van der Waals surface area contributed by atoms with Gasteiger partial charge in [0, 0.05) is 0 Å². The Morgan fingerprint density at radius 1 is 1.06 bits per heavy atom. The molecule has 1 rings (SSSR count). The van der Waals surface area contributed by atoms with Gasteiger partial charge < -0.3 is 0 Å². The van der Waals surface area contributed by atoms with Crippen molar-refractivity contribution in [3.8, 4) is 0 Å². The normalized spacial score (nSPS) is 20.8. The van der Waals surface area contributed by atoms with Crippen LogP contribution >= 0.6 is 0 Å². The van der Waals surface area contributed by atoms with Gasteiger partial charge in [0.05, 0.1) is 0 Å².